The molecule has 0 aliphatic rings. The van der Waals surface area contributed by atoms with E-state index in [2.05, 4.69) is 10.3 Å². The number of pyridine rings is 1. The lowest BCUT2D eigenvalue weighted by Gasteiger charge is -2.10. The summed E-state index contributed by atoms with van der Waals surface area (Å²) >= 11 is 0. The average molecular weight is 293 g/mol. The molecule has 22 heavy (non-hydrogen) atoms. The largest absolute Gasteiger partial charge is 0.497 e. The Morgan fingerprint density at radius 1 is 1.14 bits per heavy atom. The fourth-order valence-corrected chi connectivity index (χ4v) is 2.23. The zero-order valence-electron chi connectivity index (χ0n) is 12.0. The molecule has 1 amide bonds. The maximum absolute atomic E-state index is 11.1. The molecule has 0 aliphatic carbocycles. The van der Waals surface area contributed by atoms with Gasteiger partial charge in [0.05, 0.1) is 12.6 Å². The highest BCUT2D eigenvalue weighted by Gasteiger charge is 2.05. The first-order chi connectivity index (χ1) is 10.7. The van der Waals surface area contributed by atoms with E-state index in [4.69, 9.17) is 10.5 Å². The van der Waals surface area contributed by atoms with E-state index in [0.717, 1.165) is 28.0 Å². The summed E-state index contributed by atoms with van der Waals surface area (Å²) in [4.78, 5) is 15.4. The molecule has 0 saturated heterocycles. The van der Waals surface area contributed by atoms with Crippen molar-refractivity contribution in [3.8, 4) is 5.75 Å². The first-order valence-corrected chi connectivity index (χ1v) is 6.77. The molecule has 5 nitrogen and oxygen atoms in total. The molecule has 0 aliphatic heterocycles. The molecule has 1 heterocycles. The van der Waals surface area contributed by atoms with E-state index >= 15 is 0 Å². The number of amides is 1. The Morgan fingerprint density at radius 2 is 1.91 bits per heavy atom. The monoisotopic (exact) mass is 293 g/mol. The van der Waals surface area contributed by atoms with Gasteiger partial charge in [0, 0.05) is 28.5 Å². The number of aromatic nitrogens is 1. The van der Waals surface area contributed by atoms with Crippen LogP contribution in [0.2, 0.25) is 0 Å². The second kappa shape index (κ2) is 5.73. The third kappa shape index (κ3) is 2.69. The lowest BCUT2D eigenvalue weighted by Crippen LogP contribution is -2.10. The molecular weight excluding hydrogens is 278 g/mol. The van der Waals surface area contributed by atoms with Gasteiger partial charge in [0.25, 0.3) is 0 Å². The molecule has 0 fully saturated rings. The summed E-state index contributed by atoms with van der Waals surface area (Å²) in [5, 5.41) is 4.28. The second-order valence-electron chi connectivity index (χ2n) is 4.81. The number of primary amides is 1. The van der Waals surface area contributed by atoms with Gasteiger partial charge >= 0.3 is 0 Å². The molecule has 3 rings (SSSR count). The minimum atomic E-state index is -0.439. The number of nitrogens with one attached hydrogen (secondary N) is 1. The van der Waals surface area contributed by atoms with E-state index in [1.807, 2.05) is 36.4 Å². The van der Waals surface area contributed by atoms with Gasteiger partial charge < -0.3 is 15.8 Å². The van der Waals surface area contributed by atoms with Crippen LogP contribution in [0.15, 0.2) is 54.7 Å². The van der Waals surface area contributed by atoms with Crippen LogP contribution in [0, 0.1) is 0 Å². The van der Waals surface area contributed by atoms with E-state index in [1.165, 1.54) is 0 Å². The topological polar surface area (TPSA) is 77.2 Å². The Hall–Kier alpha value is -3.08. The molecule has 0 unspecified atom stereocenters. The molecule has 3 N–H and O–H groups in total. The Balaban J connectivity index is 1.97. The molecule has 2 aromatic carbocycles. The van der Waals surface area contributed by atoms with Crippen LogP contribution in [0.4, 0.5) is 11.4 Å². The number of hydrogen-bond donors (Lipinski definition) is 2. The third-order valence-corrected chi connectivity index (χ3v) is 3.40. The minimum Gasteiger partial charge on any atom is -0.497 e. The van der Waals surface area contributed by atoms with E-state index in [9.17, 15) is 4.79 Å². The number of ether oxygens (including phenoxy) is 1. The zero-order valence-corrected chi connectivity index (χ0v) is 12.0. The molecule has 3 aromatic rings. The number of nitrogens with two attached hydrogens (primary N) is 1. The fourth-order valence-electron chi connectivity index (χ4n) is 2.23. The lowest BCUT2D eigenvalue weighted by atomic mass is 10.1. The molecular formula is C17H15N3O2. The van der Waals surface area contributed by atoms with Crippen molar-refractivity contribution in [3.63, 3.8) is 0 Å². The Bertz CT molecular complexity index is 829. The van der Waals surface area contributed by atoms with Crippen molar-refractivity contribution in [2.24, 2.45) is 5.73 Å². The normalized spacial score (nSPS) is 10.4. The van der Waals surface area contributed by atoms with E-state index in [-0.39, 0.29) is 0 Å². The number of anilines is 2. The Kier molecular flexibility index (Phi) is 3.62. The highest BCUT2D eigenvalue weighted by Crippen LogP contribution is 2.28. The van der Waals surface area contributed by atoms with Gasteiger partial charge in [-0.15, -0.1) is 0 Å². The number of methoxy groups -OCH3 is 1. The summed E-state index contributed by atoms with van der Waals surface area (Å²) < 4.78 is 5.26. The summed E-state index contributed by atoms with van der Waals surface area (Å²) in [5.74, 6) is 0.332. The van der Waals surface area contributed by atoms with Crippen LogP contribution < -0.4 is 15.8 Å². The molecule has 0 radical (unpaired) electrons. The van der Waals surface area contributed by atoms with Gasteiger partial charge in [-0.2, -0.15) is 0 Å². The van der Waals surface area contributed by atoms with Crippen LogP contribution in [0.1, 0.15) is 10.4 Å². The SMILES string of the molecule is COc1ccc2nccc(Nc3ccc(C(N)=O)cc3)c2c1. The fraction of sp³-hybridized carbons (Fsp3) is 0.0588. The number of hydrogen-bond acceptors (Lipinski definition) is 4. The van der Waals surface area contributed by atoms with Gasteiger partial charge in [0.2, 0.25) is 5.91 Å². The number of nitrogens with zero attached hydrogens (tertiary/aromatic N) is 1. The van der Waals surface area contributed by atoms with Crippen molar-refractivity contribution in [2.75, 3.05) is 12.4 Å². The standard InChI is InChI=1S/C17H15N3O2/c1-22-13-6-7-15-14(10-13)16(8-9-19-15)20-12-4-2-11(3-5-12)17(18)21/h2-10H,1H3,(H2,18,21)(H,19,20). The van der Waals surface area contributed by atoms with Crippen LogP contribution in [-0.2, 0) is 0 Å². The molecule has 0 atom stereocenters. The number of rotatable bonds is 4. The highest BCUT2D eigenvalue weighted by atomic mass is 16.5. The van der Waals surface area contributed by atoms with Crippen molar-refractivity contribution in [1.82, 2.24) is 4.98 Å². The molecule has 0 spiro atoms. The van der Waals surface area contributed by atoms with E-state index in [1.54, 1.807) is 25.4 Å². The Labute approximate surface area is 127 Å². The molecule has 0 saturated carbocycles. The summed E-state index contributed by atoms with van der Waals surface area (Å²) in [6.07, 6.45) is 1.74. The summed E-state index contributed by atoms with van der Waals surface area (Å²) in [6, 6.07) is 14.6. The molecule has 1 aromatic heterocycles. The average Bonchev–Trinajstić information content (AvgIpc) is 2.55. The van der Waals surface area contributed by atoms with Crippen molar-refractivity contribution in [3.05, 3.63) is 60.3 Å². The van der Waals surface area contributed by atoms with E-state index < -0.39 is 5.91 Å². The van der Waals surface area contributed by atoms with Crippen molar-refractivity contribution >= 4 is 28.2 Å². The predicted octanol–water partition coefficient (Wildman–Crippen LogP) is 3.09. The second-order valence-corrected chi connectivity index (χ2v) is 4.81. The zero-order chi connectivity index (χ0) is 15.5. The van der Waals surface area contributed by atoms with Crippen LogP contribution in [0.3, 0.4) is 0 Å². The number of benzene rings is 2. The lowest BCUT2D eigenvalue weighted by molar-refractivity contribution is 0.100. The molecule has 110 valence electrons. The first kappa shape index (κ1) is 13.9. The van der Waals surface area contributed by atoms with Gasteiger partial charge in [-0.3, -0.25) is 9.78 Å². The van der Waals surface area contributed by atoms with E-state index in [0.29, 0.717) is 5.56 Å². The predicted molar refractivity (Wildman–Crippen MR) is 86.5 cm³/mol. The van der Waals surface area contributed by atoms with Gasteiger partial charge in [-0.05, 0) is 48.5 Å². The van der Waals surface area contributed by atoms with Crippen molar-refractivity contribution < 1.29 is 9.53 Å². The number of carbonyl (C=O) groups is 1. The summed E-state index contributed by atoms with van der Waals surface area (Å²) in [5.41, 5.74) is 8.37. The van der Waals surface area contributed by atoms with Gasteiger partial charge in [-0.25, -0.2) is 0 Å². The molecule has 5 heteroatoms. The van der Waals surface area contributed by atoms with Crippen molar-refractivity contribution in [1.29, 1.82) is 0 Å². The maximum Gasteiger partial charge on any atom is 0.248 e. The minimum absolute atomic E-state index is 0.439. The van der Waals surface area contributed by atoms with Crippen LogP contribution >= 0.6 is 0 Å². The van der Waals surface area contributed by atoms with Crippen molar-refractivity contribution in [2.45, 2.75) is 0 Å². The molecule has 0 bridgehead atoms. The first-order valence-electron chi connectivity index (χ1n) is 6.77. The highest BCUT2D eigenvalue weighted by molar-refractivity contribution is 5.95. The smallest absolute Gasteiger partial charge is 0.248 e. The van der Waals surface area contributed by atoms with Gasteiger partial charge in [0.15, 0.2) is 0 Å². The van der Waals surface area contributed by atoms with Gasteiger partial charge in [-0.1, -0.05) is 0 Å². The Morgan fingerprint density at radius 3 is 2.59 bits per heavy atom. The number of carbonyl (C=O) groups excluding carboxylic acids is 1. The number of fused-ring (bicyclic) bond motifs is 1. The van der Waals surface area contributed by atoms with Crippen LogP contribution in [0.25, 0.3) is 10.9 Å². The quantitative estimate of drug-likeness (QED) is 0.775. The third-order valence-electron chi connectivity index (χ3n) is 3.40. The summed E-state index contributed by atoms with van der Waals surface area (Å²) in [6.45, 7) is 0. The van der Waals surface area contributed by atoms with Crippen LogP contribution in [0.5, 0.6) is 5.75 Å². The van der Waals surface area contributed by atoms with Crippen LogP contribution in [-0.4, -0.2) is 18.0 Å². The maximum atomic E-state index is 11.1. The summed E-state index contributed by atoms with van der Waals surface area (Å²) in [7, 11) is 1.63. The van der Waals surface area contributed by atoms with Gasteiger partial charge in [0.1, 0.15) is 5.75 Å².